The smallest absolute Gasteiger partial charge is 0.291 e. The molecule has 0 radical (unpaired) electrons. The number of aromatic nitrogens is 2. The highest BCUT2D eigenvalue weighted by Crippen LogP contribution is 2.38. The molecule has 1 N–H and O–H groups in total. The highest BCUT2D eigenvalue weighted by atomic mass is 16.2. The van der Waals surface area contributed by atoms with Gasteiger partial charge in [-0.2, -0.15) is 0 Å². The summed E-state index contributed by atoms with van der Waals surface area (Å²) in [6.45, 7) is 3.21. The molecule has 2 fully saturated rings. The van der Waals surface area contributed by atoms with Crippen molar-refractivity contribution in [1.29, 1.82) is 0 Å². The zero-order valence-corrected chi connectivity index (χ0v) is 18.7. The van der Waals surface area contributed by atoms with E-state index in [0.717, 1.165) is 45.2 Å². The van der Waals surface area contributed by atoms with Crippen LogP contribution < -0.4 is 5.32 Å². The van der Waals surface area contributed by atoms with Crippen molar-refractivity contribution in [1.82, 2.24) is 25.1 Å². The number of rotatable bonds is 3. The van der Waals surface area contributed by atoms with E-state index in [1.807, 2.05) is 6.07 Å². The topological polar surface area (TPSA) is 78.4 Å². The van der Waals surface area contributed by atoms with Crippen LogP contribution in [0.3, 0.4) is 0 Å². The van der Waals surface area contributed by atoms with Crippen LogP contribution in [-0.2, 0) is 11.3 Å². The van der Waals surface area contributed by atoms with Gasteiger partial charge in [-0.15, -0.1) is 0 Å². The van der Waals surface area contributed by atoms with E-state index in [1.165, 1.54) is 12.0 Å². The fourth-order valence-electron chi connectivity index (χ4n) is 5.11. The van der Waals surface area contributed by atoms with Crippen LogP contribution in [0.4, 0.5) is 0 Å². The molecule has 170 valence electrons. The van der Waals surface area contributed by atoms with Crippen molar-refractivity contribution in [2.75, 3.05) is 26.2 Å². The van der Waals surface area contributed by atoms with Crippen LogP contribution in [-0.4, -0.2) is 63.3 Å². The Morgan fingerprint density at radius 2 is 1.69 bits per heavy atom. The van der Waals surface area contributed by atoms with Crippen molar-refractivity contribution in [3.05, 3.63) is 60.2 Å². The lowest BCUT2D eigenvalue weighted by atomic mass is 9.77. The summed E-state index contributed by atoms with van der Waals surface area (Å²) in [6, 6.07) is 12.2. The van der Waals surface area contributed by atoms with Gasteiger partial charge in [0.25, 0.3) is 5.91 Å². The van der Waals surface area contributed by atoms with Crippen LogP contribution in [0, 0.1) is 0 Å². The number of amides is 2. The van der Waals surface area contributed by atoms with Gasteiger partial charge in [0.1, 0.15) is 0 Å². The number of carbonyl (C=O) groups is 2. The average Bonchev–Trinajstić information content (AvgIpc) is 2.85. The Balaban J connectivity index is 1.55. The van der Waals surface area contributed by atoms with E-state index in [1.54, 1.807) is 23.4 Å². The number of carbonyl (C=O) groups excluding carboxylic acids is 2. The Morgan fingerprint density at radius 3 is 2.44 bits per heavy atom. The number of nitrogens with one attached hydrogen (secondary N) is 1. The van der Waals surface area contributed by atoms with Gasteiger partial charge in [-0.1, -0.05) is 49.6 Å². The maximum atomic E-state index is 13.0. The van der Waals surface area contributed by atoms with Crippen LogP contribution in [0.2, 0.25) is 0 Å². The lowest BCUT2D eigenvalue weighted by molar-refractivity contribution is -0.125. The second-order valence-corrected chi connectivity index (χ2v) is 8.94. The fourth-order valence-corrected chi connectivity index (χ4v) is 5.11. The molecule has 2 aliphatic rings. The van der Waals surface area contributed by atoms with Crippen LogP contribution in [0.1, 0.15) is 61.1 Å². The van der Waals surface area contributed by atoms with Gasteiger partial charge in [0.15, 0.2) is 0 Å². The lowest BCUT2D eigenvalue weighted by Crippen LogP contribution is -2.52. The molecule has 1 aromatic heterocycles. The molecule has 0 atom stereocenters. The predicted molar refractivity (Wildman–Crippen MR) is 123 cm³/mol. The van der Waals surface area contributed by atoms with E-state index in [9.17, 15) is 9.59 Å². The molecule has 32 heavy (non-hydrogen) atoms. The second-order valence-electron chi connectivity index (χ2n) is 8.94. The Labute approximate surface area is 190 Å². The third-order valence-corrected chi connectivity index (χ3v) is 6.77. The van der Waals surface area contributed by atoms with Gasteiger partial charge in [-0.3, -0.25) is 14.5 Å². The quantitative estimate of drug-likeness (QED) is 0.802. The van der Waals surface area contributed by atoms with E-state index in [4.69, 9.17) is 0 Å². The molecule has 7 heteroatoms. The normalized spacial score (nSPS) is 20.4. The fraction of sp³-hybridized carbons (Fsp3) is 0.520. The maximum Gasteiger partial charge on any atom is 0.291 e. The van der Waals surface area contributed by atoms with Gasteiger partial charge in [0, 0.05) is 57.1 Å². The van der Waals surface area contributed by atoms with Crippen molar-refractivity contribution in [3.63, 3.8) is 0 Å². The molecule has 7 nitrogen and oxygen atoms in total. The summed E-state index contributed by atoms with van der Waals surface area (Å²) in [6.07, 6.45) is 10.2. The van der Waals surface area contributed by atoms with Crippen molar-refractivity contribution in [2.24, 2.45) is 0 Å². The van der Waals surface area contributed by atoms with Gasteiger partial charge >= 0.3 is 0 Å². The van der Waals surface area contributed by atoms with Crippen LogP contribution >= 0.6 is 0 Å². The summed E-state index contributed by atoms with van der Waals surface area (Å²) in [4.78, 5) is 38.5. The molecule has 1 saturated carbocycles. The van der Waals surface area contributed by atoms with E-state index in [0.29, 0.717) is 26.1 Å². The molecule has 1 saturated heterocycles. The molecule has 1 aliphatic heterocycles. The minimum Gasteiger partial charge on any atom is -0.354 e. The van der Waals surface area contributed by atoms with Crippen molar-refractivity contribution in [2.45, 2.75) is 57.0 Å². The number of benzene rings is 1. The third-order valence-electron chi connectivity index (χ3n) is 6.77. The summed E-state index contributed by atoms with van der Waals surface area (Å²) in [5, 5.41) is 3.07. The average molecular weight is 436 g/mol. The van der Waals surface area contributed by atoms with Gasteiger partial charge < -0.3 is 10.2 Å². The summed E-state index contributed by atoms with van der Waals surface area (Å²) in [7, 11) is 0. The number of hydrogen-bond acceptors (Lipinski definition) is 5. The first-order chi connectivity index (χ1) is 15.7. The minimum atomic E-state index is -0.180. The minimum absolute atomic E-state index is 0.0789. The first-order valence-electron chi connectivity index (χ1n) is 11.8. The van der Waals surface area contributed by atoms with E-state index >= 15 is 0 Å². The van der Waals surface area contributed by atoms with Gasteiger partial charge in [0.05, 0.1) is 0 Å². The molecule has 4 rings (SSSR count). The van der Waals surface area contributed by atoms with E-state index in [2.05, 4.69) is 44.5 Å². The van der Waals surface area contributed by atoms with E-state index < -0.39 is 0 Å². The van der Waals surface area contributed by atoms with Gasteiger partial charge in [0.2, 0.25) is 11.7 Å². The predicted octanol–water partition coefficient (Wildman–Crippen LogP) is 3.03. The molecular weight excluding hydrogens is 402 g/mol. The van der Waals surface area contributed by atoms with Crippen LogP contribution in [0.15, 0.2) is 48.8 Å². The molecule has 1 spiro atoms. The van der Waals surface area contributed by atoms with Crippen molar-refractivity contribution < 1.29 is 9.59 Å². The monoisotopic (exact) mass is 435 g/mol. The molecule has 1 aromatic carbocycles. The second kappa shape index (κ2) is 10.7. The van der Waals surface area contributed by atoms with E-state index in [-0.39, 0.29) is 23.2 Å². The third kappa shape index (κ3) is 5.51. The summed E-state index contributed by atoms with van der Waals surface area (Å²) < 4.78 is 0. The summed E-state index contributed by atoms with van der Waals surface area (Å²) in [5.74, 6) is 0.106. The van der Waals surface area contributed by atoms with Crippen LogP contribution in [0.5, 0.6) is 0 Å². The highest BCUT2D eigenvalue weighted by molar-refractivity contribution is 5.90. The summed E-state index contributed by atoms with van der Waals surface area (Å²) >= 11 is 0. The Morgan fingerprint density at radius 1 is 0.938 bits per heavy atom. The maximum absolute atomic E-state index is 13.0. The molecule has 0 bridgehead atoms. The van der Waals surface area contributed by atoms with Crippen molar-refractivity contribution in [3.8, 4) is 0 Å². The molecule has 2 aromatic rings. The first kappa shape index (κ1) is 22.4. The Hall–Kier alpha value is -2.80. The van der Waals surface area contributed by atoms with Crippen LogP contribution in [0.25, 0.3) is 0 Å². The SMILES string of the molecule is O=C1CC2(CCCCC2)N(Cc2ccccc2)CCCN(C(=O)c2ncccn2)CCN1. The number of nitrogens with zero attached hydrogens (tertiary/aromatic N) is 4. The summed E-state index contributed by atoms with van der Waals surface area (Å²) in [5.41, 5.74) is 1.15. The zero-order valence-electron chi connectivity index (χ0n) is 18.7. The first-order valence-corrected chi connectivity index (χ1v) is 11.8. The standard InChI is InChI=1S/C25H33N5O2/c31-22-19-25(11-5-2-6-12-25)30(20-21-9-3-1-4-10-21)17-8-16-29(18-15-26-22)24(32)23-27-13-7-14-28-23/h1,3-4,7,9-10,13-14H,2,5-6,8,11-12,15-20H2,(H,26,31). The lowest BCUT2D eigenvalue weighted by Gasteiger charge is -2.46. The Bertz CT molecular complexity index is 884. The largest absolute Gasteiger partial charge is 0.354 e. The molecular formula is C25H33N5O2. The Kier molecular flexibility index (Phi) is 7.47. The molecule has 2 amide bonds. The zero-order chi connectivity index (χ0) is 22.2. The molecule has 2 heterocycles. The van der Waals surface area contributed by atoms with Crippen molar-refractivity contribution >= 4 is 11.8 Å². The van der Waals surface area contributed by atoms with Gasteiger partial charge in [-0.05, 0) is 30.9 Å². The molecule has 0 unspecified atom stereocenters. The van der Waals surface area contributed by atoms with Gasteiger partial charge in [-0.25, -0.2) is 9.97 Å². The highest BCUT2D eigenvalue weighted by Gasteiger charge is 2.40. The molecule has 1 aliphatic carbocycles. The number of hydrogen-bond donors (Lipinski definition) is 1.